The van der Waals surface area contributed by atoms with Crippen LogP contribution in [0.5, 0.6) is 0 Å². The van der Waals surface area contributed by atoms with Gasteiger partial charge in [-0.15, -0.1) is 0 Å². The van der Waals surface area contributed by atoms with Gasteiger partial charge in [0.15, 0.2) is 0 Å². The van der Waals surface area contributed by atoms with Gasteiger partial charge in [-0.1, -0.05) is 30.3 Å². The average molecular weight is 247 g/mol. The lowest BCUT2D eigenvalue weighted by atomic mass is 9.90. The maximum absolute atomic E-state index is 6.04. The number of nitrogens with two attached hydrogens (primary N) is 1. The Morgan fingerprint density at radius 2 is 2.00 bits per heavy atom. The molecule has 0 bridgehead atoms. The second-order valence-corrected chi connectivity index (χ2v) is 5.48. The van der Waals surface area contributed by atoms with Gasteiger partial charge in [-0.25, -0.2) is 0 Å². The van der Waals surface area contributed by atoms with Gasteiger partial charge in [0.05, 0.1) is 0 Å². The maximum Gasteiger partial charge on any atom is 0.0319 e. The number of hydrogen-bond acceptors (Lipinski definition) is 3. The first-order valence-electron chi connectivity index (χ1n) is 6.92. The van der Waals surface area contributed by atoms with Crippen molar-refractivity contribution in [3.05, 3.63) is 35.9 Å². The smallest absolute Gasteiger partial charge is 0.0319 e. The van der Waals surface area contributed by atoms with Crippen LogP contribution in [0.2, 0.25) is 0 Å². The largest absolute Gasteiger partial charge is 0.329 e. The van der Waals surface area contributed by atoms with E-state index < -0.39 is 0 Å². The Morgan fingerprint density at radius 1 is 1.22 bits per heavy atom. The third kappa shape index (κ3) is 3.55. The fourth-order valence-corrected chi connectivity index (χ4v) is 2.67. The molecule has 0 spiro atoms. The second kappa shape index (κ2) is 6.32. The van der Waals surface area contributed by atoms with E-state index >= 15 is 0 Å². The molecule has 0 amide bonds. The molecule has 1 aliphatic rings. The lowest BCUT2D eigenvalue weighted by Crippen LogP contribution is -2.51. The summed E-state index contributed by atoms with van der Waals surface area (Å²) in [6.45, 7) is 3.98. The summed E-state index contributed by atoms with van der Waals surface area (Å²) in [7, 11) is 2.20. The van der Waals surface area contributed by atoms with Crippen LogP contribution in [0, 0.1) is 0 Å². The van der Waals surface area contributed by atoms with Crippen molar-refractivity contribution in [2.75, 3.05) is 26.7 Å². The van der Waals surface area contributed by atoms with Gasteiger partial charge in [0.1, 0.15) is 0 Å². The molecule has 1 aliphatic heterocycles. The van der Waals surface area contributed by atoms with Crippen LogP contribution in [-0.4, -0.2) is 37.1 Å². The normalized spacial score (nSPS) is 25.9. The lowest BCUT2D eigenvalue weighted by Gasteiger charge is -2.33. The van der Waals surface area contributed by atoms with Crippen LogP contribution in [0.4, 0.5) is 0 Å². The Morgan fingerprint density at radius 3 is 2.72 bits per heavy atom. The monoisotopic (exact) mass is 247 g/mol. The van der Waals surface area contributed by atoms with Crippen molar-refractivity contribution >= 4 is 0 Å². The minimum atomic E-state index is 0.126. The van der Waals surface area contributed by atoms with E-state index in [-0.39, 0.29) is 5.54 Å². The highest BCUT2D eigenvalue weighted by molar-refractivity contribution is 5.15. The van der Waals surface area contributed by atoms with E-state index in [1.165, 1.54) is 24.9 Å². The summed E-state index contributed by atoms with van der Waals surface area (Å²) in [6, 6.07) is 10.6. The standard InChI is InChI=1S/C15H25N3/c1-18-10-5-8-15(13-16,9-11-18)17-12-14-6-3-2-4-7-14/h2-4,6-7,17H,5,8-13,16H2,1H3. The van der Waals surface area contributed by atoms with E-state index in [1.54, 1.807) is 0 Å². The van der Waals surface area contributed by atoms with E-state index in [9.17, 15) is 0 Å². The number of likely N-dealkylation sites (tertiary alicyclic amines) is 1. The molecule has 3 nitrogen and oxygen atoms in total. The first kappa shape index (κ1) is 13.5. The summed E-state index contributed by atoms with van der Waals surface area (Å²) in [4.78, 5) is 2.40. The van der Waals surface area contributed by atoms with Gasteiger partial charge in [0, 0.05) is 18.6 Å². The number of nitrogens with one attached hydrogen (secondary N) is 1. The van der Waals surface area contributed by atoms with Crippen molar-refractivity contribution in [3.63, 3.8) is 0 Å². The summed E-state index contributed by atoms with van der Waals surface area (Å²) < 4.78 is 0. The van der Waals surface area contributed by atoms with Gasteiger partial charge in [-0.3, -0.25) is 0 Å². The molecule has 0 radical (unpaired) electrons. The molecule has 0 saturated carbocycles. The van der Waals surface area contributed by atoms with Crippen LogP contribution < -0.4 is 11.1 Å². The first-order chi connectivity index (χ1) is 8.74. The summed E-state index contributed by atoms with van der Waals surface area (Å²) in [5.41, 5.74) is 7.50. The summed E-state index contributed by atoms with van der Waals surface area (Å²) in [6.07, 6.45) is 3.56. The van der Waals surface area contributed by atoms with E-state index in [2.05, 4.69) is 47.6 Å². The quantitative estimate of drug-likeness (QED) is 0.849. The number of nitrogens with zero attached hydrogens (tertiary/aromatic N) is 1. The average Bonchev–Trinajstić information content (AvgIpc) is 2.61. The highest BCUT2D eigenvalue weighted by Crippen LogP contribution is 2.21. The molecule has 1 unspecified atom stereocenters. The van der Waals surface area contributed by atoms with Gasteiger partial charge in [-0.05, 0) is 45.0 Å². The molecule has 1 saturated heterocycles. The molecule has 1 fully saturated rings. The fourth-order valence-electron chi connectivity index (χ4n) is 2.67. The topological polar surface area (TPSA) is 41.3 Å². The van der Waals surface area contributed by atoms with Gasteiger partial charge in [0.2, 0.25) is 0 Å². The predicted octanol–water partition coefficient (Wildman–Crippen LogP) is 1.59. The van der Waals surface area contributed by atoms with Crippen LogP contribution >= 0.6 is 0 Å². The van der Waals surface area contributed by atoms with E-state index in [0.29, 0.717) is 0 Å². The molecule has 2 rings (SSSR count). The van der Waals surface area contributed by atoms with Crippen molar-refractivity contribution in [3.8, 4) is 0 Å². The number of benzene rings is 1. The second-order valence-electron chi connectivity index (χ2n) is 5.48. The Kier molecular flexibility index (Phi) is 4.75. The van der Waals surface area contributed by atoms with Crippen molar-refractivity contribution in [2.24, 2.45) is 5.73 Å². The first-order valence-corrected chi connectivity index (χ1v) is 6.92. The molecule has 3 heteroatoms. The van der Waals surface area contributed by atoms with Crippen LogP contribution in [0.3, 0.4) is 0 Å². The Balaban J connectivity index is 1.95. The van der Waals surface area contributed by atoms with E-state index in [1.807, 2.05) is 0 Å². The van der Waals surface area contributed by atoms with Gasteiger partial charge in [0.25, 0.3) is 0 Å². The zero-order valence-corrected chi connectivity index (χ0v) is 11.4. The van der Waals surface area contributed by atoms with Crippen LogP contribution in [0.25, 0.3) is 0 Å². The van der Waals surface area contributed by atoms with E-state index in [4.69, 9.17) is 5.73 Å². The molecule has 0 aromatic heterocycles. The number of hydrogen-bond donors (Lipinski definition) is 2. The molecule has 3 N–H and O–H groups in total. The van der Waals surface area contributed by atoms with Crippen molar-refractivity contribution < 1.29 is 0 Å². The Hall–Kier alpha value is -0.900. The summed E-state index contributed by atoms with van der Waals surface area (Å²) in [5.74, 6) is 0. The highest BCUT2D eigenvalue weighted by Gasteiger charge is 2.29. The molecule has 100 valence electrons. The van der Waals surface area contributed by atoms with Gasteiger partial charge in [-0.2, -0.15) is 0 Å². The van der Waals surface area contributed by atoms with Gasteiger partial charge >= 0.3 is 0 Å². The number of rotatable bonds is 4. The predicted molar refractivity (Wildman–Crippen MR) is 76.4 cm³/mol. The summed E-state index contributed by atoms with van der Waals surface area (Å²) in [5, 5.41) is 3.71. The molecule has 1 heterocycles. The van der Waals surface area contributed by atoms with Crippen LogP contribution in [0.15, 0.2) is 30.3 Å². The third-order valence-corrected chi connectivity index (χ3v) is 4.07. The van der Waals surface area contributed by atoms with Gasteiger partial charge < -0.3 is 16.0 Å². The molecule has 0 aliphatic carbocycles. The minimum absolute atomic E-state index is 0.126. The molecular weight excluding hydrogens is 222 g/mol. The van der Waals surface area contributed by atoms with Crippen molar-refractivity contribution in [1.29, 1.82) is 0 Å². The van der Waals surface area contributed by atoms with E-state index in [0.717, 1.165) is 26.1 Å². The maximum atomic E-state index is 6.04. The molecule has 1 atom stereocenters. The Bertz CT molecular complexity index is 352. The highest BCUT2D eigenvalue weighted by atomic mass is 15.1. The minimum Gasteiger partial charge on any atom is -0.329 e. The SMILES string of the molecule is CN1CCCC(CN)(NCc2ccccc2)CC1. The van der Waals surface area contributed by atoms with Crippen LogP contribution in [-0.2, 0) is 6.54 Å². The molecular formula is C15H25N3. The third-order valence-electron chi connectivity index (χ3n) is 4.07. The summed E-state index contributed by atoms with van der Waals surface area (Å²) >= 11 is 0. The lowest BCUT2D eigenvalue weighted by molar-refractivity contribution is 0.280. The molecule has 1 aromatic rings. The fraction of sp³-hybridized carbons (Fsp3) is 0.600. The molecule has 1 aromatic carbocycles. The zero-order valence-electron chi connectivity index (χ0n) is 11.4. The molecule has 18 heavy (non-hydrogen) atoms. The Labute approximate surface area is 110 Å². The van der Waals surface area contributed by atoms with Crippen LogP contribution in [0.1, 0.15) is 24.8 Å². The zero-order chi connectivity index (χ0) is 12.8. The van der Waals surface area contributed by atoms with Crippen molar-refractivity contribution in [2.45, 2.75) is 31.3 Å². The van der Waals surface area contributed by atoms with Crippen molar-refractivity contribution in [1.82, 2.24) is 10.2 Å².